The molecule has 0 radical (unpaired) electrons. The first-order valence-corrected chi connectivity index (χ1v) is 10.1. The van der Waals surface area contributed by atoms with E-state index in [1.54, 1.807) is 36.4 Å². The van der Waals surface area contributed by atoms with E-state index < -0.39 is 16.0 Å². The molecule has 2 aromatic carbocycles. The number of anilines is 1. The van der Waals surface area contributed by atoms with Gasteiger partial charge in [0.1, 0.15) is 21.3 Å². The van der Waals surface area contributed by atoms with Gasteiger partial charge in [-0.2, -0.15) is 0 Å². The number of esters is 1. The van der Waals surface area contributed by atoms with E-state index in [1.807, 2.05) is 0 Å². The highest BCUT2D eigenvalue weighted by atomic mass is 32.2. The Morgan fingerprint density at radius 1 is 1.04 bits per heavy atom. The lowest BCUT2D eigenvalue weighted by Gasteiger charge is -2.13. The summed E-state index contributed by atoms with van der Waals surface area (Å²) in [6, 6.07) is 11.6. The zero-order valence-corrected chi connectivity index (χ0v) is 16.4. The Kier molecular flexibility index (Phi) is 5.24. The fraction of sp³-hybridized carbons (Fsp3) is 0.167. The number of rotatable bonds is 6. The van der Waals surface area contributed by atoms with E-state index in [0.29, 0.717) is 15.8 Å². The molecule has 1 heterocycles. The molecule has 0 saturated heterocycles. The van der Waals surface area contributed by atoms with Gasteiger partial charge < -0.3 is 14.2 Å². The van der Waals surface area contributed by atoms with Crippen molar-refractivity contribution in [3.63, 3.8) is 0 Å². The number of ether oxygens (including phenoxy) is 3. The first kappa shape index (κ1) is 19.0. The normalized spacial score (nSPS) is 11.2. The van der Waals surface area contributed by atoms with Crippen LogP contribution in [0.4, 0.5) is 5.69 Å². The number of sulfonamides is 1. The second kappa shape index (κ2) is 7.45. The van der Waals surface area contributed by atoms with Crippen LogP contribution in [-0.4, -0.2) is 35.7 Å². The van der Waals surface area contributed by atoms with Crippen molar-refractivity contribution in [3.8, 4) is 11.5 Å². The smallest absolute Gasteiger partial charge is 0.349 e. The average Bonchev–Trinajstić information content (AvgIpc) is 3.08. The molecular formula is C18H17NO6S2. The van der Waals surface area contributed by atoms with E-state index in [-0.39, 0.29) is 21.2 Å². The van der Waals surface area contributed by atoms with Gasteiger partial charge in [0.15, 0.2) is 0 Å². The highest BCUT2D eigenvalue weighted by Gasteiger charge is 2.29. The first-order valence-electron chi connectivity index (χ1n) is 7.76. The van der Waals surface area contributed by atoms with Crippen LogP contribution in [0.1, 0.15) is 9.67 Å². The van der Waals surface area contributed by atoms with Gasteiger partial charge in [0.25, 0.3) is 10.0 Å². The SMILES string of the molecule is COC(=O)c1sc2ccccc2c1S(=O)(=O)Nc1ccc(OC)cc1OC. The van der Waals surface area contributed by atoms with Gasteiger partial charge in [-0.3, -0.25) is 4.72 Å². The van der Waals surface area contributed by atoms with Gasteiger partial charge in [-0.25, -0.2) is 13.2 Å². The zero-order chi connectivity index (χ0) is 19.6. The summed E-state index contributed by atoms with van der Waals surface area (Å²) < 4.78 is 44.6. The van der Waals surface area contributed by atoms with Gasteiger partial charge in [-0.1, -0.05) is 18.2 Å². The number of nitrogens with one attached hydrogen (secondary N) is 1. The minimum Gasteiger partial charge on any atom is -0.497 e. The molecular weight excluding hydrogens is 390 g/mol. The number of hydrogen-bond acceptors (Lipinski definition) is 7. The Labute approximate surface area is 160 Å². The third-order valence-corrected chi connectivity index (χ3v) is 6.57. The lowest BCUT2D eigenvalue weighted by Crippen LogP contribution is -2.16. The van der Waals surface area contributed by atoms with Gasteiger partial charge in [0, 0.05) is 16.2 Å². The molecule has 1 N–H and O–H groups in total. The number of benzene rings is 2. The predicted octanol–water partition coefficient (Wildman–Crippen LogP) is 3.51. The van der Waals surface area contributed by atoms with Crippen LogP contribution in [0.3, 0.4) is 0 Å². The van der Waals surface area contributed by atoms with Gasteiger partial charge in [0.05, 0.1) is 27.0 Å². The summed E-state index contributed by atoms with van der Waals surface area (Å²) in [4.78, 5) is 12.1. The fourth-order valence-corrected chi connectivity index (χ4v) is 5.48. The molecule has 9 heteroatoms. The Bertz CT molecular complexity index is 1100. The summed E-state index contributed by atoms with van der Waals surface area (Å²) in [5, 5.41) is 0.447. The van der Waals surface area contributed by atoms with Crippen molar-refractivity contribution in [3.05, 3.63) is 47.3 Å². The highest BCUT2D eigenvalue weighted by molar-refractivity contribution is 7.93. The Balaban J connectivity index is 2.14. The molecule has 0 unspecified atom stereocenters. The maximum Gasteiger partial charge on any atom is 0.349 e. The lowest BCUT2D eigenvalue weighted by atomic mass is 10.2. The van der Waals surface area contributed by atoms with Crippen molar-refractivity contribution in [1.29, 1.82) is 0 Å². The molecule has 0 aliphatic carbocycles. The number of thiophene rings is 1. The summed E-state index contributed by atoms with van der Waals surface area (Å²) in [5.74, 6) is 0.0985. The van der Waals surface area contributed by atoms with Crippen molar-refractivity contribution in [2.75, 3.05) is 26.1 Å². The van der Waals surface area contributed by atoms with Crippen molar-refractivity contribution >= 4 is 43.1 Å². The first-order chi connectivity index (χ1) is 12.9. The van der Waals surface area contributed by atoms with Crippen LogP contribution in [0, 0.1) is 0 Å². The number of carbonyl (C=O) groups excluding carboxylic acids is 1. The minimum atomic E-state index is -4.10. The maximum atomic E-state index is 13.1. The van der Waals surface area contributed by atoms with E-state index in [0.717, 1.165) is 11.3 Å². The maximum absolute atomic E-state index is 13.1. The molecule has 3 aromatic rings. The van der Waals surface area contributed by atoms with Crippen molar-refractivity contribution in [1.82, 2.24) is 0 Å². The lowest BCUT2D eigenvalue weighted by molar-refractivity contribution is 0.0602. The van der Waals surface area contributed by atoms with E-state index in [2.05, 4.69) is 4.72 Å². The highest BCUT2D eigenvalue weighted by Crippen LogP contribution is 2.37. The quantitative estimate of drug-likeness (QED) is 0.629. The zero-order valence-electron chi connectivity index (χ0n) is 14.8. The monoisotopic (exact) mass is 407 g/mol. The van der Waals surface area contributed by atoms with Crippen LogP contribution < -0.4 is 14.2 Å². The second-order valence-electron chi connectivity index (χ2n) is 5.42. The molecule has 3 rings (SSSR count). The van der Waals surface area contributed by atoms with Crippen LogP contribution in [0.15, 0.2) is 47.4 Å². The van der Waals surface area contributed by atoms with Crippen LogP contribution in [-0.2, 0) is 14.8 Å². The summed E-state index contributed by atoms with van der Waals surface area (Å²) in [7, 11) is 0.0374. The molecule has 0 bridgehead atoms. The van der Waals surface area contributed by atoms with Crippen LogP contribution >= 0.6 is 11.3 Å². The van der Waals surface area contributed by atoms with Crippen molar-refractivity contribution < 1.29 is 27.4 Å². The third kappa shape index (κ3) is 3.56. The predicted molar refractivity (Wildman–Crippen MR) is 104 cm³/mol. The molecule has 0 aliphatic rings. The minimum absolute atomic E-state index is 0.0127. The molecule has 7 nitrogen and oxygen atoms in total. The number of carbonyl (C=O) groups is 1. The number of methoxy groups -OCH3 is 3. The van der Waals surface area contributed by atoms with Gasteiger partial charge >= 0.3 is 5.97 Å². The number of fused-ring (bicyclic) bond motifs is 1. The fourth-order valence-electron chi connectivity index (χ4n) is 2.59. The van der Waals surface area contributed by atoms with Crippen LogP contribution in [0.25, 0.3) is 10.1 Å². The second-order valence-corrected chi connectivity index (χ2v) is 8.09. The summed E-state index contributed by atoms with van der Waals surface area (Å²) >= 11 is 1.07. The van der Waals surface area contributed by atoms with Gasteiger partial charge in [0.2, 0.25) is 0 Å². The number of hydrogen-bond donors (Lipinski definition) is 1. The molecule has 0 aliphatic heterocycles. The standard InChI is InChI=1S/C18H17NO6S2/c1-23-11-8-9-13(14(10-11)24-2)19-27(21,22)17-12-6-4-5-7-15(12)26-16(17)18(20)25-3/h4-10,19H,1-3H3. The third-order valence-electron chi connectivity index (χ3n) is 3.84. The van der Waals surface area contributed by atoms with Gasteiger partial charge in [-0.15, -0.1) is 11.3 Å². The van der Waals surface area contributed by atoms with Crippen LogP contribution in [0.5, 0.6) is 11.5 Å². The van der Waals surface area contributed by atoms with Crippen LogP contribution in [0.2, 0.25) is 0 Å². The largest absolute Gasteiger partial charge is 0.497 e. The van der Waals surface area contributed by atoms with E-state index >= 15 is 0 Å². The molecule has 0 amide bonds. The Hall–Kier alpha value is -2.78. The molecule has 27 heavy (non-hydrogen) atoms. The topological polar surface area (TPSA) is 90.9 Å². The van der Waals surface area contributed by atoms with E-state index in [9.17, 15) is 13.2 Å². The van der Waals surface area contributed by atoms with Gasteiger partial charge in [-0.05, 0) is 18.2 Å². The summed E-state index contributed by atoms with van der Waals surface area (Å²) in [6.45, 7) is 0. The molecule has 1 aromatic heterocycles. The summed E-state index contributed by atoms with van der Waals surface area (Å²) in [5.41, 5.74) is 0.226. The van der Waals surface area contributed by atoms with Crippen molar-refractivity contribution in [2.24, 2.45) is 0 Å². The Morgan fingerprint density at radius 2 is 1.78 bits per heavy atom. The van der Waals surface area contributed by atoms with E-state index in [1.165, 1.54) is 27.4 Å². The summed E-state index contributed by atoms with van der Waals surface area (Å²) in [6.07, 6.45) is 0. The molecule has 142 valence electrons. The molecule has 0 atom stereocenters. The average molecular weight is 407 g/mol. The molecule has 0 fully saturated rings. The Morgan fingerprint density at radius 3 is 2.44 bits per heavy atom. The molecule has 0 saturated carbocycles. The van der Waals surface area contributed by atoms with E-state index in [4.69, 9.17) is 14.2 Å². The molecule has 0 spiro atoms. The van der Waals surface area contributed by atoms with Crippen molar-refractivity contribution in [2.45, 2.75) is 4.90 Å².